The minimum Gasteiger partial charge on any atom is -0.497 e. The predicted octanol–water partition coefficient (Wildman–Crippen LogP) is 6.68. The van der Waals surface area contributed by atoms with Crippen LogP contribution in [-0.4, -0.2) is 39.3 Å². The Kier molecular flexibility index (Phi) is 7.03. The average Bonchev–Trinajstić information content (AvgIpc) is 3.15. The van der Waals surface area contributed by atoms with Gasteiger partial charge < -0.3 is 18.8 Å². The first-order valence-corrected chi connectivity index (χ1v) is 11.1. The topological polar surface area (TPSA) is 34.8 Å². The summed E-state index contributed by atoms with van der Waals surface area (Å²) in [6, 6.07) is 22.0. The average molecular weight is 450 g/mol. The largest absolute Gasteiger partial charge is 0.497 e. The fourth-order valence-corrected chi connectivity index (χ4v) is 3.92. The highest BCUT2D eigenvalue weighted by molar-refractivity contribution is 6.31. The summed E-state index contributed by atoms with van der Waals surface area (Å²) < 4.78 is 17.4. The predicted molar refractivity (Wildman–Crippen MR) is 131 cm³/mol. The van der Waals surface area contributed by atoms with E-state index in [0.29, 0.717) is 11.6 Å². The Morgan fingerprint density at radius 1 is 0.906 bits per heavy atom. The molecule has 0 aliphatic heterocycles. The van der Waals surface area contributed by atoms with Crippen LogP contribution in [0.4, 0.5) is 0 Å². The summed E-state index contributed by atoms with van der Waals surface area (Å²) in [5, 5.41) is 1.73. The third kappa shape index (κ3) is 5.26. The summed E-state index contributed by atoms with van der Waals surface area (Å²) in [5.74, 6) is 2.56. The molecule has 4 rings (SSSR count). The molecule has 0 saturated carbocycles. The molecule has 0 spiro atoms. The SMILES string of the molecule is COc1ccc(-c2oc3ccc(Cl)cc3c2Cc2ccc(OCCCN(C)C)cc2)cc1. The molecule has 1 heterocycles. The van der Waals surface area contributed by atoms with E-state index in [1.807, 2.05) is 54.6 Å². The van der Waals surface area contributed by atoms with Crippen molar-refractivity contribution in [3.8, 4) is 22.8 Å². The van der Waals surface area contributed by atoms with E-state index in [0.717, 1.165) is 58.7 Å². The van der Waals surface area contributed by atoms with Crippen molar-refractivity contribution in [1.82, 2.24) is 4.90 Å². The van der Waals surface area contributed by atoms with Crippen LogP contribution in [0.25, 0.3) is 22.3 Å². The van der Waals surface area contributed by atoms with Crippen molar-refractivity contribution in [2.45, 2.75) is 12.8 Å². The molecule has 0 fully saturated rings. The van der Waals surface area contributed by atoms with E-state index in [4.69, 9.17) is 25.5 Å². The Bertz CT molecular complexity index is 1160. The summed E-state index contributed by atoms with van der Waals surface area (Å²) in [5.41, 5.74) is 4.14. The highest BCUT2D eigenvalue weighted by Gasteiger charge is 2.17. The van der Waals surface area contributed by atoms with E-state index in [2.05, 4.69) is 31.1 Å². The van der Waals surface area contributed by atoms with Crippen LogP contribution in [0.15, 0.2) is 71.1 Å². The van der Waals surface area contributed by atoms with Crippen LogP contribution in [0.5, 0.6) is 11.5 Å². The summed E-state index contributed by atoms with van der Waals surface area (Å²) in [4.78, 5) is 2.16. The van der Waals surface area contributed by atoms with Gasteiger partial charge in [-0.1, -0.05) is 23.7 Å². The zero-order valence-corrected chi connectivity index (χ0v) is 19.5. The van der Waals surface area contributed by atoms with Gasteiger partial charge in [0.2, 0.25) is 0 Å². The van der Waals surface area contributed by atoms with Crippen molar-refractivity contribution in [2.24, 2.45) is 0 Å². The highest BCUT2D eigenvalue weighted by Crippen LogP contribution is 2.37. The summed E-state index contributed by atoms with van der Waals surface area (Å²) in [6.45, 7) is 1.73. The Hall–Kier alpha value is -2.95. The molecule has 0 unspecified atom stereocenters. The van der Waals surface area contributed by atoms with Crippen LogP contribution in [0.1, 0.15) is 17.5 Å². The van der Waals surface area contributed by atoms with Crippen molar-refractivity contribution in [3.05, 3.63) is 82.9 Å². The molecule has 0 N–H and O–H groups in total. The lowest BCUT2D eigenvalue weighted by atomic mass is 9.98. The van der Waals surface area contributed by atoms with Gasteiger partial charge >= 0.3 is 0 Å². The summed E-state index contributed by atoms with van der Waals surface area (Å²) in [6.07, 6.45) is 1.73. The quantitative estimate of drug-likeness (QED) is 0.267. The molecular formula is C27H28ClNO3. The molecule has 5 heteroatoms. The lowest BCUT2D eigenvalue weighted by molar-refractivity contribution is 0.281. The van der Waals surface area contributed by atoms with Gasteiger partial charge in [0.1, 0.15) is 22.8 Å². The maximum absolute atomic E-state index is 6.31. The van der Waals surface area contributed by atoms with Gasteiger partial charge in [0.05, 0.1) is 13.7 Å². The molecule has 1 aromatic heterocycles. The van der Waals surface area contributed by atoms with Gasteiger partial charge in [-0.15, -0.1) is 0 Å². The van der Waals surface area contributed by atoms with Crippen molar-refractivity contribution < 1.29 is 13.9 Å². The van der Waals surface area contributed by atoms with Gasteiger partial charge in [0.25, 0.3) is 0 Å². The van der Waals surface area contributed by atoms with Gasteiger partial charge in [-0.05, 0) is 80.7 Å². The second-order valence-electron chi connectivity index (χ2n) is 8.10. The van der Waals surface area contributed by atoms with E-state index < -0.39 is 0 Å². The van der Waals surface area contributed by atoms with Crippen molar-refractivity contribution in [2.75, 3.05) is 34.4 Å². The van der Waals surface area contributed by atoms with Crippen LogP contribution in [0.2, 0.25) is 5.02 Å². The highest BCUT2D eigenvalue weighted by atomic mass is 35.5. The first-order chi connectivity index (χ1) is 15.5. The van der Waals surface area contributed by atoms with Crippen LogP contribution in [-0.2, 0) is 6.42 Å². The molecule has 4 aromatic rings. The van der Waals surface area contributed by atoms with Gasteiger partial charge in [0, 0.05) is 34.5 Å². The minimum absolute atomic E-state index is 0.697. The third-order valence-electron chi connectivity index (χ3n) is 5.43. The molecule has 0 amide bonds. The van der Waals surface area contributed by atoms with E-state index in [1.165, 1.54) is 5.56 Å². The van der Waals surface area contributed by atoms with Crippen molar-refractivity contribution in [1.29, 1.82) is 0 Å². The first kappa shape index (κ1) is 22.3. The van der Waals surface area contributed by atoms with E-state index in [-0.39, 0.29) is 0 Å². The molecule has 166 valence electrons. The summed E-state index contributed by atoms with van der Waals surface area (Å²) in [7, 11) is 5.81. The molecule has 0 saturated heterocycles. The molecule has 0 radical (unpaired) electrons. The molecule has 3 aromatic carbocycles. The Balaban J connectivity index is 1.59. The molecule has 0 bridgehead atoms. The second kappa shape index (κ2) is 10.1. The molecule has 32 heavy (non-hydrogen) atoms. The molecule has 0 atom stereocenters. The number of hydrogen-bond acceptors (Lipinski definition) is 4. The Labute approximate surface area is 194 Å². The van der Waals surface area contributed by atoms with E-state index in [9.17, 15) is 0 Å². The Morgan fingerprint density at radius 3 is 2.31 bits per heavy atom. The van der Waals surface area contributed by atoms with Gasteiger partial charge in [-0.25, -0.2) is 0 Å². The van der Waals surface area contributed by atoms with Crippen LogP contribution in [0, 0.1) is 0 Å². The molecule has 0 aliphatic carbocycles. The number of hydrogen-bond donors (Lipinski definition) is 0. The number of benzene rings is 3. The standard InChI is InChI=1S/C27H28ClNO3/c1-29(2)15-4-16-31-23-10-5-19(6-11-23)17-25-24-18-21(28)9-14-26(24)32-27(25)20-7-12-22(30-3)13-8-20/h5-14,18H,4,15-17H2,1-3H3. The lowest BCUT2D eigenvalue weighted by Crippen LogP contribution is -2.15. The smallest absolute Gasteiger partial charge is 0.138 e. The fraction of sp³-hybridized carbons (Fsp3) is 0.259. The zero-order valence-electron chi connectivity index (χ0n) is 18.7. The number of fused-ring (bicyclic) bond motifs is 1. The van der Waals surface area contributed by atoms with Gasteiger partial charge in [0.15, 0.2) is 0 Å². The summed E-state index contributed by atoms with van der Waals surface area (Å²) >= 11 is 6.31. The number of ether oxygens (including phenoxy) is 2. The number of halogens is 1. The van der Waals surface area contributed by atoms with Crippen LogP contribution < -0.4 is 9.47 Å². The van der Waals surface area contributed by atoms with Crippen molar-refractivity contribution in [3.63, 3.8) is 0 Å². The normalized spacial score (nSPS) is 11.3. The number of methoxy groups -OCH3 is 1. The lowest BCUT2D eigenvalue weighted by Gasteiger charge is -2.11. The monoisotopic (exact) mass is 449 g/mol. The first-order valence-electron chi connectivity index (χ1n) is 10.8. The minimum atomic E-state index is 0.697. The maximum atomic E-state index is 6.31. The van der Waals surface area contributed by atoms with Crippen LogP contribution >= 0.6 is 11.6 Å². The maximum Gasteiger partial charge on any atom is 0.138 e. The van der Waals surface area contributed by atoms with Gasteiger partial charge in [-0.2, -0.15) is 0 Å². The molecular weight excluding hydrogens is 422 g/mol. The van der Waals surface area contributed by atoms with Crippen molar-refractivity contribution >= 4 is 22.6 Å². The Morgan fingerprint density at radius 2 is 1.62 bits per heavy atom. The van der Waals surface area contributed by atoms with Gasteiger partial charge in [-0.3, -0.25) is 0 Å². The number of nitrogens with zero attached hydrogens (tertiary/aromatic N) is 1. The molecule has 4 nitrogen and oxygen atoms in total. The second-order valence-corrected chi connectivity index (χ2v) is 8.54. The molecule has 0 aliphatic rings. The zero-order chi connectivity index (χ0) is 22.5. The van der Waals surface area contributed by atoms with Crippen LogP contribution in [0.3, 0.4) is 0 Å². The third-order valence-corrected chi connectivity index (χ3v) is 5.66. The van der Waals surface area contributed by atoms with E-state index in [1.54, 1.807) is 7.11 Å². The number of rotatable bonds is 9. The fourth-order valence-electron chi connectivity index (χ4n) is 3.75. The number of furan rings is 1. The van der Waals surface area contributed by atoms with E-state index >= 15 is 0 Å².